The van der Waals surface area contributed by atoms with E-state index in [1.807, 2.05) is 0 Å². The average molecular weight is 675 g/mol. The minimum atomic E-state index is -4.97. The molecule has 0 atom stereocenters. The number of nitrogens with zero attached hydrogens (tertiary/aromatic N) is 4. The molecule has 2 heterocycles. The van der Waals surface area contributed by atoms with Gasteiger partial charge in [-0.05, 0) is 57.5 Å². The van der Waals surface area contributed by atoms with E-state index in [9.17, 15) is 51.9 Å². The van der Waals surface area contributed by atoms with Crippen molar-refractivity contribution in [3.05, 3.63) is 48.5 Å². The maximum Gasteiger partial charge on any atom is 1.00 e. The van der Waals surface area contributed by atoms with Crippen LogP contribution in [0.25, 0.3) is 44.8 Å². The minimum Gasteiger partial charge on any atom is -0.435 e. The first-order chi connectivity index (χ1) is 18.3. The first kappa shape index (κ1) is 34.7. The monoisotopic (exact) mass is 674 g/mol. The van der Waals surface area contributed by atoms with Crippen LogP contribution in [0.3, 0.4) is 0 Å². The molecule has 210 valence electrons. The third-order valence-electron chi connectivity index (χ3n) is 5.50. The van der Waals surface area contributed by atoms with Gasteiger partial charge in [0.05, 0.1) is 19.6 Å². The molecule has 5 aromatic rings. The number of imidazole rings is 2. The summed E-state index contributed by atoms with van der Waals surface area (Å²) in [4.78, 5) is 12.8. The van der Waals surface area contributed by atoms with Crippen LogP contribution < -0.4 is 69.1 Å². The second-order valence-electron chi connectivity index (χ2n) is 8.15. The molecule has 4 N–H and O–H groups in total. The van der Waals surface area contributed by atoms with Crippen LogP contribution >= 0.6 is 0 Å². The van der Waals surface area contributed by atoms with Crippen LogP contribution in [0.1, 0.15) is 0 Å². The van der Waals surface area contributed by atoms with Crippen molar-refractivity contribution in [1.82, 2.24) is 19.9 Å². The molecular formula is C20H12N4Na2O12S4. The molecule has 3 aromatic carbocycles. The zero-order valence-electron chi connectivity index (χ0n) is 21.1. The number of benzene rings is 3. The molecule has 22 heteroatoms. The van der Waals surface area contributed by atoms with Crippen LogP contribution in [0.15, 0.2) is 68.1 Å². The largest absolute Gasteiger partial charge is 1.00 e. The quantitative estimate of drug-likeness (QED) is 0.0970. The molecule has 0 aliphatic heterocycles. The van der Waals surface area contributed by atoms with Gasteiger partial charge in [-0.1, -0.05) is 35.9 Å². The van der Waals surface area contributed by atoms with Crippen LogP contribution in [0.2, 0.25) is 0 Å². The van der Waals surface area contributed by atoms with E-state index >= 15 is 0 Å². The first-order valence-corrected chi connectivity index (χ1v) is 16.1. The summed E-state index contributed by atoms with van der Waals surface area (Å²) in [5.74, 6) is -0.196. The molecular weight excluding hydrogens is 662 g/mol. The fraction of sp³-hybridized carbons (Fsp3) is 0. The first-order valence-electron chi connectivity index (χ1n) is 10.3. The Hall–Kier alpha value is -1.76. The summed E-state index contributed by atoms with van der Waals surface area (Å²) in [6.07, 6.45) is 0. The summed E-state index contributed by atoms with van der Waals surface area (Å²) in [5, 5.41) is 0. The summed E-state index contributed by atoms with van der Waals surface area (Å²) in [6, 6.07) is 8.43. The predicted octanol–water partition coefficient (Wildman–Crippen LogP) is -4.97. The minimum absolute atomic E-state index is 0. The summed E-state index contributed by atoms with van der Waals surface area (Å²) >= 11 is 0. The molecule has 0 spiro atoms. The van der Waals surface area contributed by atoms with Gasteiger partial charge in [0.25, 0.3) is 40.5 Å². The van der Waals surface area contributed by atoms with Crippen LogP contribution in [0, 0.1) is 0 Å². The third-order valence-corrected chi connectivity index (χ3v) is 8.89. The number of aromatic nitrogens is 4. The maximum atomic E-state index is 11.8. The summed E-state index contributed by atoms with van der Waals surface area (Å²) in [5.41, 5.74) is -0.741. The van der Waals surface area contributed by atoms with Crippen LogP contribution in [0.5, 0.6) is 0 Å². The van der Waals surface area contributed by atoms with Crippen LogP contribution in [-0.2, 0) is 40.5 Å². The fourth-order valence-electron chi connectivity index (χ4n) is 3.74. The Kier molecular flexibility index (Phi) is 9.62. The van der Waals surface area contributed by atoms with E-state index in [-0.39, 0.29) is 104 Å². The molecule has 0 bridgehead atoms. The van der Waals surface area contributed by atoms with Gasteiger partial charge in [-0.2, -0.15) is 33.7 Å². The van der Waals surface area contributed by atoms with Crippen molar-refractivity contribution in [2.45, 2.75) is 19.6 Å². The molecule has 5 rings (SSSR count). The van der Waals surface area contributed by atoms with Crippen molar-refractivity contribution < 1.29 is 111 Å². The summed E-state index contributed by atoms with van der Waals surface area (Å²) in [7, 11) is -19.7. The predicted molar refractivity (Wildman–Crippen MR) is 134 cm³/mol. The molecule has 0 fully saturated rings. The Balaban J connectivity index is 0.00000242. The molecule has 0 unspecified atom stereocenters. The molecule has 0 radical (unpaired) electrons. The van der Waals surface area contributed by atoms with Crippen molar-refractivity contribution in [1.29, 1.82) is 0 Å². The van der Waals surface area contributed by atoms with E-state index in [0.29, 0.717) is 12.1 Å². The zero-order chi connectivity index (χ0) is 29.4. The standard InChI is InChI=1S/C20H12N4O12S4.2Na/c25-37(26,27)11-5-13-17(15(7-11)39(31,32)33)23-19(21-13)9-1-2-10(4-3-9)20-22-14-6-12(38(28,29)30)8-16(18(14)24-20)40(34,35)36;;/h1-8H,(H4-2,21,22,23,24,25,26,27,28,29,30,31,32,33,34,35,36);;/q-2;2*+1. The summed E-state index contributed by atoms with van der Waals surface area (Å²) < 4.78 is 131. The maximum absolute atomic E-state index is 11.8. The number of fused-ring (bicyclic) bond motifs is 2. The zero-order valence-corrected chi connectivity index (χ0v) is 28.4. The van der Waals surface area contributed by atoms with Gasteiger partial charge in [0, 0.05) is 0 Å². The van der Waals surface area contributed by atoms with E-state index < -0.39 is 60.1 Å². The van der Waals surface area contributed by atoms with Gasteiger partial charge in [0.1, 0.15) is 0 Å². The molecule has 16 nitrogen and oxygen atoms in total. The number of hydrogen-bond acceptors (Lipinski definition) is 10. The van der Waals surface area contributed by atoms with Gasteiger partial charge in [-0.15, -0.1) is 0 Å². The second-order valence-corrected chi connectivity index (χ2v) is 13.8. The Labute approximate surface area is 281 Å². The van der Waals surface area contributed by atoms with Gasteiger partial charge in [0.2, 0.25) is 0 Å². The van der Waals surface area contributed by atoms with Crippen molar-refractivity contribution in [2.75, 3.05) is 0 Å². The van der Waals surface area contributed by atoms with E-state index in [1.54, 1.807) is 0 Å². The molecule has 0 aliphatic carbocycles. The van der Waals surface area contributed by atoms with E-state index in [2.05, 4.69) is 19.9 Å². The topological polar surface area (TPSA) is 271 Å². The van der Waals surface area contributed by atoms with Crippen LogP contribution in [0.4, 0.5) is 0 Å². The van der Waals surface area contributed by atoms with Crippen LogP contribution in [-0.4, -0.2) is 61.9 Å². The van der Waals surface area contributed by atoms with E-state index in [0.717, 1.165) is 12.1 Å². The second kappa shape index (κ2) is 11.6. The Bertz CT molecular complexity index is 2150. The van der Waals surface area contributed by atoms with Gasteiger partial charge in [0.15, 0.2) is 0 Å². The fourth-order valence-corrected chi connectivity index (χ4v) is 6.28. The average Bonchev–Trinajstić information content (AvgIpc) is 3.44. The molecule has 0 aliphatic rings. The van der Waals surface area contributed by atoms with Crippen molar-refractivity contribution in [2.24, 2.45) is 0 Å². The molecule has 42 heavy (non-hydrogen) atoms. The SMILES string of the molecule is O=S(=O)(O)c1cc(S(=O)(=O)O)c2[n-]c(-c3ccc(-c4nc5cc(S(=O)(=O)O)cc(S(=O)(=O)O)c5[n-]4)cc3)nc2c1.[Na+].[Na+]. The molecule has 0 saturated heterocycles. The van der Waals surface area contributed by atoms with E-state index in [4.69, 9.17) is 0 Å². The normalized spacial score (nSPS) is 12.7. The number of rotatable bonds is 6. The Morgan fingerprint density at radius 3 is 1.07 bits per heavy atom. The summed E-state index contributed by atoms with van der Waals surface area (Å²) in [6.45, 7) is 0. The van der Waals surface area contributed by atoms with Gasteiger partial charge in [-0.3, -0.25) is 18.2 Å². The Morgan fingerprint density at radius 2 is 0.810 bits per heavy atom. The molecule has 0 saturated carbocycles. The molecule has 0 amide bonds. The van der Waals surface area contributed by atoms with Gasteiger partial charge >= 0.3 is 59.1 Å². The van der Waals surface area contributed by atoms with Crippen molar-refractivity contribution in [3.63, 3.8) is 0 Å². The van der Waals surface area contributed by atoms with Gasteiger partial charge in [-0.25, -0.2) is 0 Å². The third kappa shape index (κ3) is 6.81. The Morgan fingerprint density at radius 1 is 0.500 bits per heavy atom. The van der Waals surface area contributed by atoms with Crippen molar-refractivity contribution in [3.8, 4) is 22.8 Å². The molecule has 2 aromatic heterocycles. The van der Waals surface area contributed by atoms with Gasteiger partial charge < -0.3 is 19.9 Å². The van der Waals surface area contributed by atoms with E-state index in [1.165, 1.54) is 24.3 Å². The van der Waals surface area contributed by atoms with Crippen molar-refractivity contribution >= 4 is 62.5 Å². The number of hydrogen-bond donors (Lipinski definition) is 4. The smallest absolute Gasteiger partial charge is 0.435 e.